The molecule has 0 bridgehead atoms. The molecule has 2 atom stereocenters. The van der Waals surface area contributed by atoms with Gasteiger partial charge in [0.1, 0.15) is 19.8 Å². The quantitative estimate of drug-likeness (QED) is 0.0440. The van der Waals surface area contributed by atoms with Crippen molar-refractivity contribution in [2.75, 3.05) is 54.1 Å². The maximum Gasteiger partial charge on any atom is 0.306 e. The van der Waals surface area contributed by atoms with Crippen molar-refractivity contribution in [1.82, 2.24) is 0 Å². The highest BCUT2D eigenvalue weighted by molar-refractivity contribution is 7.45. The Bertz CT molecular complexity index is 718. The van der Waals surface area contributed by atoms with Gasteiger partial charge in [-0.15, -0.1) is 0 Å². The summed E-state index contributed by atoms with van der Waals surface area (Å²) in [7, 11) is 1.13. The summed E-state index contributed by atoms with van der Waals surface area (Å²) in [5.74, 6) is -0.930. The van der Waals surface area contributed by atoms with Gasteiger partial charge in [0.05, 0.1) is 27.7 Å². The first-order chi connectivity index (χ1) is 20.0. The smallest absolute Gasteiger partial charge is 0.306 e. The van der Waals surface area contributed by atoms with Crippen LogP contribution in [0, 0.1) is 0 Å². The molecule has 1 unspecified atom stereocenters. The first kappa shape index (κ1) is 41.0. The fourth-order valence-electron chi connectivity index (χ4n) is 4.31. The van der Waals surface area contributed by atoms with Crippen LogP contribution in [0.25, 0.3) is 0 Å². The molecular formula is C31H63N2O8P. The van der Waals surface area contributed by atoms with E-state index in [1.165, 1.54) is 77.0 Å². The first-order valence-electron chi connectivity index (χ1n) is 16.4. The average Bonchev–Trinajstić information content (AvgIpc) is 2.91. The number of nitrogens with two attached hydrogens (primary N) is 1. The predicted octanol–water partition coefficient (Wildman–Crippen LogP) is 6.04. The largest absolute Gasteiger partial charge is 0.756 e. The molecule has 2 N–H and O–H groups in total. The van der Waals surface area contributed by atoms with Crippen LogP contribution in [0.2, 0.25) is 0 Å². The number of carbonyl (C=O) groups is 2. The Kier molecular flexibility index (Phi) is 25.7. The molecule has 250 valence electrons. The standard InChI is InChI=1S/C31H63N2O8P/c1-5-6-7-8-9-10-11-12-13-14-15-16-17-18-19-22-30(34)38-27-29(41-31(35)23-20-21-24-32)28-40-42(36,37)39-26-25-33(2,3)4/h29H,5-28,32H2,1-4H3/t29-/m1/s1. The first-order valence-corrected chi connectivity index (χ1v) is 17.9. The molecule has 0 aromatic heterocycles. The van der Waals surface area contributed by atoms with Gasteiger partial charge in [0.2, 0.25) is 0 Å². The Labute approximate surface area is 256 Å². The summed E-state index contributed by atoms with van der Waals surface area (Å²) in [6.45, 7) is 2.37. The molecule has 0 aliphatic carbocycles. The minimum Gasteiger partial charge on any atom is -0.756 e. The molecule has 42 heavy (non-hydrogen) atoms. The molecular weight excluding hydrogens is 559 g/mol. The van der Waals surface area contributed by atoms with Gasteiger partial charge in [-0.05, 0) is 25.8 Å². The van der Waals surface area contributed by atoms with Gasteiger partial charge in [-0.25, -0.2) is 0 Å². The second-order valence-corrected chi connectivity index (χ2v) is 13.7. The van der Waals surface area contributed by atoms with Gasteiger partial charge in [0, 0.05) is 12.8 Å². The third-order valence-corrected chi connectivity index (χ3v) is 7.94. The number of nitrogens with zero attached hydrogens (tertiary/aromatic N) is 1. The summed E-state index contributed by atoms with van der Waals surface area (Å²) in [5.41, 5.74) is 5.46. The number of rotatable bonds is 30. The number of quaternary nitrogens is 1. The zero-order valence-electron chi connectivity index (χ0n) is 27.3. The van der Waals surface area contributed by atoms with Crippen LogP contribution in [-0.2, 0) is 32.7 Å². The van der Waals surface area contributed by atoms with Crippen LogP contribution < -0.4 is 10.6 Å². The number of esters is 2. The zero-order valence-corrected chi connectivity index (χ0v) is 28.2. The number of likely N-dealkylation sites (N-methyl/N-ethyl adjacent to an activating group) is 1. The molecule has 0 radical (unpaired) electrons. The minimum absolute atomic E-state index is 0.0396. The second kappa shape index (κ2) is 26.4. The van der Waals surface area contributed by atoms with Crippen molar-refractivity contribution in [3.63, 3.8) is 0 Å². The van der Waals surface area contributed by atoms with Crippen LogP contribution in [0.1, 0.15) is 129 Å². The van der Waals surface area contributed by atoms with E-state index in [0.717, 1.165) is 19.3 Å². The SMILES string of the molecule is CCCCCCCCCCCCCCCCCC(=O)OC[C@H](COP(=O)([O-])OCC[N+](C)(C)C)OC(=O)CCCCN. The lowest BCUT2D eigenvalue weighted by Gasteiger charge is -2.28. The topological polar surface area (TPSA) is 137 Å². The fourth-order valence-corrected chi connectivity index (χ4v) is 5.04. The molecule has 10 nitrogen and oxygen atoms in total. The lowest BCUT2D eigenvalue weighted by atomic mass is 10.0. The van der Waals surface area contributed by atoms with Crippen LogP contribution >= 0.6 is 7.82 Å². The Morgan fingerprint density at radius 3 is 1.69 bits per heavy atom. The fraction of sp³-hybridized carbons (Fsp3) is 0.935. The summed E-state index contributed by atoms with van der Waals surface area (Å²) in [6, 6.07) is 0. The van der Waals surface area contributed by atoms with Gasteiger partial charge < -0.3 is 33.6 Å². The van der Waals surface area contributed by atoms with Crippen LogP contribution in [0.15, 0.2) is 0 Å². The number of unbranched alkanes of at least 4 members (excludes halogenated alkanes) is 15. The molecule has 0 saturated heterocycles. The van der Waals surface area contributed by atoms with Gasteiger partial charge >= 0.3 is 11.9 Å². The molecule has 0 rings (SSSR count). The molecule has 0 amide bonds. The number of hydrogen-bond donors (Lipinski definition) is 1. The summed E-state index contributed by atoms with van der Waals surface area (Å²) in [4.78, 5) is 36.6. The van der Waals surface area contributed by atoms with Gasteiger partial charge in [0.25, 0.3) is 7.82 Å². The summed E-state index contributed by atoms with van der Waals surface area (Å²) in [6.07, 6.45) is 19.3. The summed E-state index contributed by atoms with van der Waals surface area (Å²) < 4.78 is 33.1. The second-order valence-electron chi connectivity index (χ2n) is 12.3. The monoisotopic (exact) mass is 622 g/mol. The van der Waals surface area contributed by atoms with Crippen molar-refractivity contribution in [3.05, 3.63) is 0 Å². The lowest BCUT2D eigenvalue weighted by Crippen LogP contribution is -2.37. The van der Waals surface area contributed by atoms with Crippen molar-refractivity contribution in [3.8, 4) is 0 Å². The van der Waals surface area contributed by atoms with Crippen LogP contribution in [-0.4, -0.2) is 76.6 Å². The Hall–Kier alpha value is -1.03. The zero-order chi connectivity index (χ0) is 31.5. The molecule has 0 aliphatic heterocycles. The molecule has 11 heteroatoms. The van der Waals surface area contributed by atoms with E-state index in [9.17, 15) is 19.0 Å². The van der Waals surface area contributed by atoms with Gasteiger partial charge in [-0.3, -0.25) is 14.2 Å². The van der Waals surface area contributed by atoms with E-state index in [-0.39, 0.29) is 26.1 Å². The number of ether oxygens (including phenoxy) is 2. The molecule has 0 heterocycles. The van der Waals surface area contributed by atoms with E-state index in [1.807, 2.05) is 21.1 Å². The van der Waals surface area contributed by atoms with Crippen LogP contribution in [0.4, 0.5) is 0 Å². The van der Waals surface area contributed by atoms with E-state index in [1.54, 1.807) is 0 Å². The minimum atomic E-state index is -4.60. The van der Waals surface area contributed by atoms with E-state index in [2.05, 4.69) is 6.92 Å². The van der Waals surface area contributed by atoms with Gasteiger partial charge in [-0.1, -0.05) is 96.8 Å². The molecule has 0 aromatic carbocycles. The van der Waals surface area contributed by atoms with E-state index in [0.29, 0.717) is 30.4 Å². The number of hydrogen-bond acceptors (Lipinski definition) is 9. The maximum absolute atomic E-state index is 12.3. The van der Waals surface area contributed by atoms with Crippen LogP contribution in [0.5, 0.6) is 0 Å². The Morgan fingerprint density at radius 1 is 0.714 bits per heavy atom. The van der Waals surface area contributed by atoms with E-state index in [4.69, 9.17) is 24.3 Å². The summed E-state index contributed by atoms with van der Waals surface area (Å²) in [5, 5.41) is 0. The molecule has 0 aliphatic rings. The van der Waals surface area contributed by atoms with Crippen molar-refractivity contribution in [2.45, 2.75) is 135 Å². The van der Waals surface area contributed by atoms with Gasteiger partial charge in [-0.2, -0.15) is 0 Å². The Balaban J connectivity index is 4.18. The highest BCUT2D eigenvalue weighted by Gasteiger charge is 2.21. The number of phosphoric acid groups is 1. The number of phosphoric ester groups is 1. The molecule has 0 aromatic rings. The van der Waals surface area contributed by atoms with Crippen LogP contribution in [0.3, 0.4) is 0 Å². The molecule has 0 spiro atoms. The molecule has 0 saturated carbocycles. The van der Waals surface area contributed by atoms with Crippen molar-refractivity contribution in [1.29, 1.82) is 0 Å². The summed E-state index contributed by atoms with van der Waals surface area (Å²) >= 11 is 0. The maximum atomic E-state index is 12.3. The Morgan fingerprint density at radius 2 is 1.19 bits per heavy atom. The highest BCUT2D eigenvalue weighted by atomic mass is 31.2. The predicted molar refractivity (Wildman–Crippen MR) is 166 cm³/mol. The lowest BCUT2D eigenvalue weighted by molar-refractivity contribution is -0.870. The van der Waals surface area contributed by atoms with E-state index < -0.39 is 32.5 Å². The third-order valence-electron chi connectivity index (χ3n) is 6.98. The van der Waals surface area contributed by atoms with Gasteiger partial charge in [0.15, 0.2) is 6.10 Å². The third kappa shape index (κ3) is 29.1. The van der Waals surface area contributed by atoms with Crippen molar-refractivity contribution in [2.24, 2.45) is 5.73 Å². The highest BCUT2D eigenvalue weighted by Crippen LogP contribution is 2.38. The van der Waals surface area contributed by atoms with Crippen molar-refractivity contribution < 1.29 is 42.1 Å². The molecule has 0 fully saturated rings. The average molecular weight is 623 g/mol. The van der Waals surface area contributed by atoms with Crippen molar-refractivity contribution >= 4 is 19.8 Å². The van der Waals surface area contributed by atoms with E-state index >= 15 is 0 Å². The number of carbonyl (C=O) groups excluding carboxylic acids is 2. The normalized spacial score (nSPS) is 14.0.